The summed E-state index contributed by atoms with van der Waals surface area (Å²) in [6.07, 6.45) is 1.62. The minimum atomic E-state index is 0.144. The number of aromatic hydroxyl groups is 1. The minimum absolute atomic E-state index is 0.144. The van der Waals surface area contributed by atoms with Gasteiger partial charge in [-0.25, -0.2) is 4.98 Å². The first-order valence-electron chi connectivity index (χ1n) is 7.88. The van der Waals surface area contributed by atoms with Crippen molar-refractivity contribution < 1.29 is 9.52 Å². The monoisotopic (exact) mass is 596 g/mol. The van der Waals surface area contributed by atoms with Gasteiger partial charge in [-0.1, -0.05) is 22.0 Å². The van der Waals surface area contributed by atoms with Gasteiger partial charge in [-0.3, -0.25) is 4.99 Å². The van der Waals surface area contributed by atoms with E-state index in [2.05, 4.69) is 64.4 Å². The van der Waals surface area contributed by atoms with Crippen LogP contribution in [0.4, 0.5) is 5.69 Å². The topological polar surface area (TPSA) is 58.6 Å². The molecule has 0 unspecified atom stereocenters. The SMILES string of the molecule is Oc1c(Br)cc(Br)cc1C=Nc1ccc2oc(-c3cccc(I)c3)nc2c1. The summed E-state index contributed by atoms with van der Waals surface area (Å²) in [6, 6.07) is 17.1. The van der Waals surface area contributed by atoms with Gasteiger partial charge in [0, 0.05) is 25.4 Å². The predicted octanol–water partition coefficient (Wildman–Crippen LogP) is 7.08. The number of halogens is 3. The molecular formula is C20H11Br2IN2O2. The second kappa shape index (κ2) is 7.73. The van der Waals surface area contributed by atoms with Gasteiger partial charge in [-0.05, 0) is 87.1 Å². The van der Waals surface area contributed by atoms with Gasteiger partial charge >= 0.3 is 0 Å². The van der Waals surface area contributed by atoms with Crippen molar-refractivity contribution in [3.8, 4) is 17.2 Å². The lowest BCUT2D eigenvalue weighted by Crippen LogP contribution is -1.84. The zero-order valence-corrected chi connectivity index (χ0v) is 19.0. The summed E-state index contributed by atoms with van der Waals surface area (Å²) in [7, 11) is 0. The largest absolute Gasteiger partial charge is 0.506 e. The second-order valence-electron chi connectivity index (χ2n) is 5.77. The summed E-state index contributed by atoms with van der Waals surface area (Å²) in [5, 5.41) is 10.1. The van der Waals surface area contributed by atoms with Crippen LogP contribution >= 0.6 is 54.5 Å². The Bertz CT molecular complexity index is 1190. The van der Waals surface area contributed by atoms with Gasteiger partial charge in [-0.2, -0.15) is 0 Å². The maximum atomic E-state index is 10.1. The number of benzene rings is 3. The number of aromatic nitrogens is 1. The molecule has 4 nitrogen and oxygen atoms in total. The normalized spacial score (nSPS) is 11.5. The summed E-state index contributed by atoms with van der Waals surface area (Å²) in [5.41, 5.74) is 3.71. The minimum Gasteiger partial charge on any atom is -0.506 e. The van der Waals surface area contributed by atoms with E-state index in [0.29, 0.717) is 21.5 Å². The zero-order chi connectivity index (χ0) is 19.0. The molecule has 0 amide bonds. The fraction of sp³-hybridized carbons (Fsp3) is 0. The quantitative estimate of drug-likeness (QED) is 0.203. The zero-order valence-electron chi connectivity index (χ0n) is 13.7. The molecule has 1 aromatic heterocycles. The van der Waals surface area contributed by atoms with Crippen LogP contribution in [-0.2, 0) is 0 Å². The number of aliphatic imine (C=N–C) groups is 1. The highest BCUT2D eigenvalue weighted by atomic mass is 127. The van der Waals surface area contributed by atoms with Crippen molar-refractivity contribution in [2.45, 2.75) is 0 Å². The summed E-state index contributed by atoms with van der Waals surface area (Å²) < 4.78 is 8.44. The van der Waals surface area contributed by atoms with Gasteiger partial charge in [0.25, 0.3) is 0 Å². The lowest BCUT2D eigenvalue weighted by Gasteiger charge is -2.02. The molecule has 0 saturated carbocycles. The fourth-order valence-electron chi connectivity index (χ4n) is 2.57. The number of rotatable bonds is 3. The molecule has 0 aliphatic carbocycles. The number of phenols is 1. The van der Waals surface area contributed by atoms with Crippen LogP contribution in [0.15, 0.2) is 73.0 Å². The average molecular weight is 598 g/mol. The Morgan fingerprint density at radius 2 is 1.93 bits per heavy atom. The molecule has 0 radical (unpaired) electrons. The lowest BCUT2D eigenvalue weighted by atomic mass is 10.2. The van der Waals surface area contributed by atoms with E-state index in [9.17, 15) is 5.11 Å². The van der Waals surface area contributed by atoms with Gasteiger partial charge in [-0.15, -0.1) is 0 Å². The first kappa shape index (κ1) is 18.6. The maximum absolute atomic E-state index is 10.1. The van der Waals surface area contributed by atoms with Gasteiger partial charge < -0.3 is 9.52 Å². The standard InChI is InChI=1S/C20H11Br2IN2O2/c21-13-6-12(19(26)16(22)8-13)10-24-15-4-5-18-17(9-15)25-20(27-18)11-2-1-3-14(23)7-11/h1-10,26H. The molecule has 0 atom stereocenters. The highest BCUT2D eigenvalue weighted by Crippen LogP contribution is 2.32. The molecule has 134 valence electrons. The van der Waals surface area contributed by atoms with Gasteiger partial charge in [0.1, 0.15) is 11.3 Å². The third-order valence-corrected chi connectivity index (χ3v) is 5.59. The molecule has 0 bridgehead atoms. The Balaban J connectivity index is 1.68. The molecule has 27 heavy (non-hydrogen) atoms. The van der Waals surface area contributed by atoms with Crippen LogP contribution in [0, 0.1) is 3.57 Å². The van der Waals surface area contributed by atoms with Crippen molar-refractivity contribution in [2.75, 3.05) is 0 Å². The molecule has 4 rings (SSSR count). The number of hydrogen-bond donors (Lipinski definition) is 1. The number of nitrogens with zero attached hydrogens (tertiary/aromatic N) is 2. The Labute approximate surface area is 185 Å². The van der Waals surface area contributed by atoms with Crippen LogP contribution in [0.2, 0.25) is 0 Å². The van der Waals surface area contributed by atoms with Crippen molar-refractivity contribution in [2.24, 2.45) is 4.99 Å². The van der Waals surface area contributed by atoms with Crippen molar-refractivity contribution in [3.63, 3.8) is 0 Å². The summed E-state index contributed by atoms with van der Waals surface area (Å²) in [4.78, 5) is 9.03. The summed E-state index contributed by atoms with van der Waals surface area (Å²) >= 11 is 9.00. The number of oxazole rings is 1. The Morgan fingerprint density at radius 3 is 2.74 bits per heavy atom. The predicted molar refractivity (Wildman–Crippen MR) is 123 cm³/mol. The van der Waals surface area contributed by atoms with Crippen molar-refractivity contribution in [1.82, 2.24) is 4.98 Å². The summed E-state index contributed by atoms with van der Waals surface area (Å²) in [6.45, 7) is 0. The van der Waals surface area contributed by atoms with E-state index in [1.165, 1.54) is 0 Å². The van der Waals surface area contributed by atoms with Crippen LogP contribution in [0.3, 0.4) is 0 Å². The Morgan fingerprint density at radius 1 is 1.07 bits per heavy atom. The fourth-order valence-corrected chi connectivity index (χ4v) is 4.37. The Kier molecular flexibility index (Phi) is 5.34. The van der Waals surface area contributed by atoms with Crippen LogP contribution in [0.5, 0.6) is 5.75 Å². The highest BCUT2D eigenvalue weighted by molar-refractivity contribution is 14.1. The number of hydrogen-bond acceptors (Lipinski definition) is 4. The van der Waals surface area contributed by atoms with E-state index in [1.54, 1.807) is 18.3 Å². The van der Waals surface area contributed by atoms with Crippen molar-refractivity contribution in [3.05, 3.63) is 72.7 Å². The molecule has 0 saturated heterocycles. The number of fused-ring (bicyclic) bond motifs is 1. The first-order chi connectivity index (χ1) is 13.0. The third-order valence-electron chi connectivity index (χ3n) is 3.85. The molecule has 0 aliphatic heterocycles. The van der Waals surface area contributed by atoms with Gasteiger partial charge in [0.05, 0.1) is 10.2 Å². The second-order valence-corrected chi connectivity index (χ2v) is 8.78. The molecule has 4 aromatic rings. The highest BCUT2D eigenvalue weighted by Gasteiger charge is 2.09. The van der Waals surface area contributed by atoms with Crippen LogP contribution in [-0.4, -0.2) is 16.3 Å². The lowest BCUT2D eigenvalue weighted by molar-refractivity contribution is 0.471. The smallest absolute Gasteiger partial charge is 0.227 e. The molecule has 3 aromatic carbocycles. The van der Waals surface area contributed by atoms with Crippen LogP contribution < -0.4 is 0 Å². The average Bonchev–Trinajstić information content (AvgIpc) is 3.07. The van der Waals surface area contributed by atoms with Gasteiger partial charge in [0.2, 0.25) is 5.89 Å². The molecule has 1 heterocycles. The molecule has 7 heteroatoms. The molecular weight excluding hydrogens is 587 g/mol. The van der Waals surface area contributed by atoms with E-state index in [1.807, 2.05) is 42.5 Å². The van der Waals surface area contributed by atoms with E-state index in [0.717, 1.165) is 24.8 Å². The first-order valence-corrected chi connectivity index (χ1v) is 10.5. The van der Waals surface area contributed by atoms with Crippen molar-refractivity contribution >= 4 is 77.5 Å². The van der Waals surface area contributed by atoms with E-state index in [-0.39, 0.29) is 5.75 Å². The molecule has 0 aliphatic rings. The van der Waals surface area contributed by atoms with Crippen molar-refractivity contribution in [1.29, 1.82) is 0 Å². The maximum Gasteiger partial charge on any atom is 0.227 e. The van der Waals surface area contributed by atoms with Crippen LogP contribution in [0.1, 0.15) is 5.56 Å². The summed E-state index contributed by atoms with van der Waals surface area (Å²) in [5.74, 6) is 0.726. The number of phenolic OH excluding ortho intramolecular Hbond substituents is 1. The molecule has 1 N–H and O–H groups in total. The van der Waals surface area contributed by atoms with Crippen LogP contribution in [0.25, 0.3) is 22.6 Å². The van der Waals surface area contributed by atoms with E-state index < -0.39 is 0 Å². The third kappa shape index (κ3) is 4.09. The van der Waals surface area contributed by atoms with E-state index in [4.69, 9.17) is 4.42 Å². The molecule has 0 spiro atoms. The molecule has 0 fully saturated rings. The Hall–Kier alpha value is -1.71. The van der Waals surface area contributed by atoms with E-state index >= 15 is 0 Å². The van der Waals surface area contributed by atoms with Gasteiger partial charge in [0.15, 0.2) is 5.58 Å².